The van der Waals surface area contributed by atoms with Gasteiger partial charge in [0.15, 0.2) is 0 Å². The van der Waals surface area contributed by atoms with Gasteiger partial charge in [0, 0.05) is 27.9 Å². The molecule has 0 fully saturated rings. The maximum atomic E-state index is 12.7. The molecule has 0 spiro atoms. The van der Waals surface area contributed by atoms with E-state index < -0.39 is 0 Å². The zero-order valence-electron chi connectivity index (χ0n) is 19.0. The molecule has 5 aromatic rings. The molecule has 1 heterocycles. The van der Waals surface area contributed by atoms with Crippen molar-refractivity contribution in [2.24, 2.45) is 0 Å². The van der Waals surface area contributed by atoms with Gasteiger partial charge in [0.05, 0.1) is 11.2 Å². The van der Waals surface area contributed by atoms with Gasteiger partial charge in [-0.1, -0.05) is 60.2 Å². The van der Waals surface area contributed by atoms with Crippen molar-refractivity contribution >= 4 is 34.1 Å². The third kappa shape index (κ3) is 4.50. The SMILES string of the molecule is Cc1ccc2nc(Nc3ccc(C(=O)Nc4ccccc4C)cc3)nc(-c3ccccc3)c2c1. The first kappa shape index (κ1) is 21.3. The second-order valence-corrected chi connectivity index (χ2v) is 8.25. The van der Waals surface area contributed by atoms with Crippen LogP contribution >= 0.6 is 0 Å². The average Bonchev–Trinajstić information content (AvgIpc) is 2.86. The Morgan fingerprint density at radius 2 is 1.50 bits per heavy atom. The number of nitrogens with zero attached hydrogens (tertiary/aromatic N) is 2. The van der Waals surface area contributed by atoms with Crippen molar-refractivity contribution in [1.29, 1.82) is 0 Å². The van der Waals surface area contributed by atoms with E-state index in [0.29, 0.717) is 11.5 Å². The predicted octanol–water partition coefficient (Wildman–Crippen LogP) is 6.91. The molecular weight excluding hydrogens is 420 g/mol. The number of hydrogen-bond donors (Lipinski definition) is 2. The Morgan fingerprint density at radius 3 is 2.26 bits per heavy atom. The van der Waals surface area contributed by atoms with Crippen molar-refractivity contribution in [2.75, 3.05) is 10.6 Å². The second kappa shape index (κ2) is 9.16. The first-order chi connectivity index (χ1) is 16.6. The van der Waals surface area contributed by atoms with Crippen molar-refractivity contribution in [2.45, 2.75) is 13.8 Å². The van der Waals surface area contributed by atoms with Gasteiger partial charge in [-0.2, -0.15) is 0 Å². The monoisotopic (exact) mass is 444 g/mol. The first-order valence-electron chi connectivity index (χ1n) is 11.1. The number of carbonyl (C=O) groups is 1. The lowest BCUT2D eigenvalue weighted by atomic mass is 10.0. The molecule has 0 aliphatic rings. The van der Waals surface area contributed by atoms with E-state index in [0.717, 1.165) is 44.7 Å². The summed E-state index contributed by atoms with van der Waals surface area (Å²) < 4.78 is 0. The number of hydrogen-bond acceptors (Lipinski definition) is 4. The Labute approximate surface area is 198 Å². The molecule has 0 aliphatic carbocycles. The molecule has 34 heavy (non-hydrogen) atoms. The lowest BCUT2D eigenvalue weighted by Crippen LogP contribution is -2.12. The van der Waals surface area contributed by atoms with Crippen LogP contribution in [0.3, 0.4) is 0 Å². The topological polar surface area (TPSA) is 66.9 Å². The molecule has 0 unspecified atom stereocenters. The number of aromatic nitrogens is 2. The standard InChI is InChI=1S/C29H24N4O/c1-19-12-17-26-24(18-19)27(21-9-4-3-5-10-21)33-29(32-26)30-23-15-13-22(14-16-23)28(34)31-25-11-7-6-8-20(25)2/h3-18H,1-2H3,(H,31,34)(H,30,32,33). The minimum atomic E-state index is -0.149. The zero-order valence-corrected chi connectivity index (χ0v) is 19.0. The maximum absolute atomic E-state index is 12.7. The number of anilines is 3. The quantitative estimate of drug-likeness (QED) is 0.309. The second-order valence-electron chi connectivity index (χ2n) is 8.25. The molecule has 1 amide bonds. The summed E-state index contributed by atoms with van der Waals surface area (Å²) in [5.41, 5.74) is 7.16. The van der Waals surface area contributed by atoms with Crippen molar-refractivity contribution in [3.8, 4) is 11.3 Å². The minimum Gasteiger partial charge on any atom is -0.324 e. The van der Waals surface area contributed by atoms with Crippen LogP contribution in [0.25, 0.3) is 22.2 Å². The van der Waals surface area contributed by atoms with Gasteiger partial charge < -0.3 is 10.6 Å². The number of carbonyl (C=O) groups excluding carboxylic acids is 1. The summed E-state index contributed by atoms with van der Waals surface area (Å²) in [6.45, 7) is 4.04. The van der Waals surface area contributed by atoms with Gasteiger partial charge in [-0.25, -0.2) is 9.97 Å². The molecular formula is C29H24N4O. The number of aryl methyl sites for hydroxylation is 2. The molecule has 5 nitrogen and oxygen atoms in total. The van der Waals surface area contributed by atoms with E-state index >= 15 is 0 Å². The molecule has 0 atom stereocenters. The molecule has 0 aliphatic heterocycles. The third-order valence-corrected chi connectivity index (χ3v) is 5.69. The lowest BCUT2D eigenvalue weighted by Gasteiger charge is -2.12. The molecule has 2 N–H and O–H groups in total. The summed E-state index contributed by atoms with van der Waals surface area (Å²) in [6.07, 6.45) is 0. The van der Waals surface area contributed by atoms with Gasteiger partial charge >= 0.3 is 0 Å². The fraction of sp³-hybridized carbons (Fsp3) is 0.0690. The van der Waals surface area contributed by atoms with Crippen LogP contribution in [0.15, 0.2) is 97.1 Å². The van der Waals surface area contributed by atoms with Gasteiger partial charge in [0.2, 0.25) is 5.95 Å². The molecule has 5 heteroatoms. The number of rotatable bonds is 5. The molecule has 166 valence electrons. The van der Waals surface area contributed by atoms with Crippen molar-refractivity contribution in [3.63, 3.8) is 0 Å². The Hall–Kier alpha value is -4.51. The van der Waals surface area contributed by atoms with Gasteiger partial charge in [0.25, 0.3) is 5.91 Å². The van der Waals surface area contributed by atoms with Crippen LogP contribution in [-0.4, -0.2) is 15.9 Å². The van der Waals surface area contributed by atoms with Crippen LogP contribution in [-0.2, 0) is 0 Å². The molecule has 4 aromatic carbocycles. The first-order valence-corrected chi connectivity index (χ1v) is 11.1. The summed E-state index contributed by atoms with van der Waals surface area (Å²) in [5, 5.41) is 7.27. The van der Waals surface area contributed by atoms with E-state index in [1.807, 2.05) is 67.6 Å². The number of benzene rings is 4. The van der Waals surface area contributed by atoms with Gasteiger partial charge in [-0.05, 0) is 61.9 Å². The molecule has 1 aromatic heterocycles. The summed E-state index contributed by atoms with van der Waals surface area (Å²) in [6, 6.07) is 31.3. The van der Waals surface area contributed by atoms with E-state index in [1.54, 1.807) is 12.1 Å². The lowest BCUT2D eigenvalue weighted by molar-refractivity contribution is 0.102. The minimum absolute atomic E-state index is 0.149. The van der Waals surface area contributed by atoms with Crippen LogP contribution < -0.4 is 10.6 Å². The highest BCUT2D eigenvalue weighted by Crippen LogP contribution is 2.29. The van der Waals surface area contributed by atoms with Gasteiger partial charge in [-0.15, -0.1) is 0 Å². The molecule has 0 radical (unpaired) electrons. The van der Waals surface area contributed by atoms with Gasteiger partial charge in [-0.3, -0.25) is 4.79 Å². The molecule has 5 rings (SSSR count). The van der Waals surface area contributed by atoms with E-state index in [9.17, 15) is 4.79 Å². The normalized spacial score (nSPS) is 10.8. The van der Waals surface area contributed by atoms with Crippen LogP contribution in [0.2, 0.25) is 0 Å². The van der Waals surface area contributed by atoms with E-state index in [2.05, 4.69) is 41.8 Å². The maximum Gasteiger partial charge on any atom is 0.255 e. The average molecular weight is 445 g/mol. The van der Waals surface area contributed by atoms with Crippen LogP contribution in [0.5, 0.6) is 0 Å². The smallest absolute Gasteiger partial charge is 0.255 e. The summed E-state index contributed by atoms with van der Waals surface area (Å²) in [5.74, 6) is 0.358. The summed E-state index contributed by atoms with van der Waals surface area (Å²) in [4.78, 5) is 22.2. The Bertz CT molecular complexity index is 1480. The molecule has 0 bridgehead atoms. The fourth-order valence-electron chi connectivity index (χ4n) is 3.86. The Morgan fingerprint density at radius 1 is 0.765 bits per heavy atom. The summed E-state index contributed by atoms with van der Waals surface area (Å²) in [7, 11) is 0. The highest BCUT2D eigenvalue weighted by atomic mass is 16.1. The van der Waals surface area contributed by atoms with E-state index in [4.69, 9.17) is 9.97 Å². The van der Waals surface area contributed by atoms with Crippen molar-refractivity contribution in [1.82, 2.24) is 9.97 Å². The van der Waals surface area contributed by atoms with Crippen LogP contribution in [0.1, 0.15) is 21.5 Å². The predicted molar refractivity (Wildman–Crippen MR) is 139 cm³/mol. The highest BCUT2D eigenvalue weighted by Gasteiger charge is 2.12. The third-order valence-electron chi connectivity index (χ3n) is 5.69. The van der Waals surface area contributed by atoms with Crippen molar-refractivity contribution < 1.29 is 4.79 Å². The summed E-state index contributed by atoms with van der Waals surface area (Å²) >= 11 is 0. The van der Waals surface area contributed by atoms with E-state index in [1.165, 1.54) is 0 Å². The number of nitrogens with one attached hydrogen (secondary N) is 2. The number of amides is 1. The van der Waals surface area contributed by atoms with Crippen LogP contribution in [0.4, 0.5) is 17.3 Å². The fourth-order valence-corrected chi connectivity index (χ4v) is 3.86. The molecule has 0 saturated heterocycles. The zero-order chi connectivity index (χ0) is 23.5. The molecule has 0 saturated carbocycles. The Balaban J connectivity index is 1.42. The van der Waals surface area contributed by atoms with Crippen LogP contribution in [0, 0.1) is 13.8 Å². The van der Waals surface area contributed by atoms with E-state index in [-0.39, 0.29) is 5.91 Å². The largest absolute Gasteiger partial charge is 0.324 e. The Kier molecular flexibility index (Phi) is 5.75. The van der Waals surface area contributed by atoms with Crippen molar-refractivity contribution in [3.05, 3.63) is 114 Å². The number of fused-ring (bicyclic) bond motifs is 1. The highest BCUT2D eigenvalue weighted by molar-refractivity contribution is 6.04. The number of para-hydroxylation sites is 1. The van der Waals surface area contributed by atoms with Gasteiger partial charge in [0.1, 0.15) is 0 Å².